The van der Waals surface area contributed by atoms with Crippen LogP contribution in [0.3, 0.4) is 0 Å². The fourth-order valence-corrected chi connectivity index (χ4v) is 1.74. The number of nitriles is 1. The standard InChI is InChI=1S/C14H19N3O/c15-9-5-2-6-10-17-14(18)13(11-16)12-7-3-1-4-8-12/h1,3-4,7-8,13H,2,5-6,10-11,16H2,(H,17,18). The molecule has 1 aromatic rings. The van der Waals surface area contributed by atoms with Crippen LogP contribution in [-0.2, 0) is 4.79 Å². The van der Waals surface area contributed by atoms with Crippen LogP contribution in [0.2, 0.25) is 0 Å². The van der Waals surface area contributed by atoms with Gasteiger partial charge in [-0.25, -0.2) is 0 Å². The van der Waals surface area contributed by atoms with E-state index in [0.29, 0.717) is 19.5 Å². The summed E-state index contributed by atoms with van der Waals surface area (Å²) in [6.07, 6.45) is 2.18. The smallest absolute Gasteiger partial charge is 0.228 e. The predicted molar refractivity (Wildman–Crippen MR) is 70.7 cm³/mol. The topological polar surface area (TPSA) is 78.9 Å². The number of hydrogen-bond donors (Lipinski definition) is 2. The molecule has 0 spiro atoms. The second-order valence-corrected chi connectivity index (χ2v) is 4.11. The molecule has 1 amide bonds. The quantitative estimate of drug-likeness (QED) is 0.715. The normalized spacial score (nSPS) is 11.6. The molecule has 0 saturated carbocycles. The summed E-state index contributed by atoms with van der Waals surface area (Å²) in [5.41, 5.74) is 6.59. The Morgan fingerprint density at radius 1 is 1.33 bits per heavy atom. The number of nitrogens with two attached hydrogens (primary N) is 1. The highest BCUT2D eigenvalue weighted by molar-refractivity contribution is 5.83. The third kappa shape index (κ3) is 4.56. The van der Waals surface area contributed by atoms with Crippen LogP contribution in [0.4, 0.5) is 0 Å². The van der Waals surface area contributed by atoms with Crippen molar-refractivity contribution in [2.75, 3.05) is 13.1 Å². The number of amides is 1. The monoisotopic (exact) mass is 245 g/mol. The van der Waals surface area contributed by atoms with E-state index in [9.17, 15) is 4.79 Å². The Bertz CT molecular complexity index is 397. The molecule has 0 fully saturated rings. The molecule has 18 heavy (non-hydrogen) atoms. The lowest BCUT2D eigenvalue weighted by Crippen LogP contribution is -2.34. The highest BCUT2D eigenvalue weighted by atomic mass is 16.1. The predicted octanol–water partition coefficient (Wildman–Crippen LogP) is 1.54. The molecule has 1 aromatic carbocycles. The first-order valence-electron chi connectivity index (χ1n) is 6.19. The highest BCUT2D eigenvalue weighted by Gasteiger charge is 2.17. The van der Waals surface area contributed by atoms with Crippen molar-refractivity contribution in [3.05, 3.63) is 35.9 Å². The molecule has 0 radical (unpaired) electrons. The van der Waals surface area contributed by atoms with Crippen molar-refractivity contribution < 1.29 is 4.79 Å². The summed E-state index contributed by atoms with van der Waals surface area (Å²) in [5, 5.41) is 11.3. The maximum atomic E-state index is 12.0. The molecule has 0 saturated heterocycles. The van der Waals surface area contributed by atoms with E-state index in [1.807, 2.05) is 30.3 Å². The SMILES string of the molecule is N#CCCCCNC(=O)C(CN)c1ccccc1. The Balaban J connectivity index is 2.42. The molecule has 96 valence electrons. The van der Waals surface area contributed by atoms with E-state index in [2.05, 4.69) is 11.4 Å². The maximum absolute atomic E-state index is 12.0. The van der Waals surface area contributed by atoms with Gasteiger partial charge in [0.2, 0.25) is 5.91 Å². The second kappa shape index (κ2) is 8.26. The van der Waals surface area contributed by atoms with Gasteiger partial charge < -0.3 is 11.1 Å². The fraction of sp³-hybridized carbons (Fsp3) is 0.429. The lowest BCUT2D eigenvalue weighted by atomic mass is 9.98. The highest BCUT2D eigenvalue weighted by Crippen LogP contribution is 2.13. The van der Waals surface area contributed by atoms with Crippen LogP contribution in [-0.4, -0.2) is 19.0 Å². The average molecular weight is 245 g/mol. The number of hydrogen-bond acceptors (Lipinski definition) is 3. The van der Waals surface area contributed by atoms with E-state index in [0.717, 1.165) is 18.4 Å². The van der Waals surface area contributed by atoms with Crippen molar-refractivity contribution in [2.24, 2.45) is 5.73 Å². The summed E-state index contributed by atoms with van der Waals surface area (Å²) in [6.45, 7) is 0.901. The Kier molecular flexibility index (Phi) is 6.52. The van der Waals surface area contributed by atoms with Crippen LogP contribution >= 0.6 is 0 Å². The first-order chi connectivity index (χ1) is 8.79. The molecule has 1 unspecified atom stereocenters. The van der Waals surface area contributed by atoms with Gasteiger partial charge in [0.15, 0.2) is 0 Å². The van der Waals surface area contributed by atoms with Crippen LogP contribution < -0.4 is 11.1 Å². The zero-order valence-corrected chi connectivity index (χ0v) is 10.4. The molecule has 4 heteroatoms. The number of nitrogens with zero attached hydrogens (tertiary/aromatic N) is 1. The van der Waals surface area contributed by atoms with Gasteiger partial charge in [-0.15, -0.1) is 0 Å². The molecule has 1 rings (SSSR count). The summed E-state index contributed by atoms with van der Waals surface area (Å²) in [4.78, 5) is 12.0. The van der Waals surface area contributed by atoms with Gasteiger partial charge in [0.25, 0.3) is 0 Å². The lowest BCUT2D eigenvalue weighted by molar-refractivity contribution is -0.122. The number of unbranched alkanes of at least 4 members (excludes halogenated alkanes) is 2. The Hall–Kier alpha value is -1.86. The van der Waals surface area contributed by atoms with Gasteiger partial charge in [-0.2, -0.15) is 5.26 Å². The van der Waals surface area contributed by atoms with E-state index in [4.69, 9.17) is 11.0 Å². The molecular formula is C14H19N3O. The largest absolute Gasteiger partial charge is 0.356 e. The van der Waals surface area contributed by atoms with E-state index in [1.54, 1.807) is 0 Å². The van der Waals surface area contributed by atoms with Crippen LogP contribution in [0.15, 0.2) is 30.3 Å². The summed E-state index contributed by atoms with van der Waals surface area (Å²) in [6, 6.07) is 11.6. The van der Waals surface area contributed by atoms with Crippen molar-refractivity contribution >= 4 is 5.91 Å². The summed E-state index contributed by atoms with van der Waals surface area (Å²) >= 11 is 0. The van der Waals surface area contributed by atoms with Gasteiger partial charge in [0.05, 0.1) is 12.0 Å². The third-order valence-electron chi connectivity index (χ3n) is 2.77. The van der Waals surface area contributed by atoms with Crippen LogP contribution in [0.1, 0.15) is 30.7 Å². The third-order valence-corrected chi connectivity index (χ3v) is 2.77. The minimum Gasteiger partial charge on any atom is -0.356 e. The fourth-order valence-electron chi connectivity index (χ4n) is 1.74. The van der Waals surface area contributed by atoms with E-state index in [1.165, 1.54) is 0 Å². The van der Waals surface area contributed by atoms with Crippen LogP contribution in [0, 0.1) is 11.3 Å². The lowest BCUT2D eigenvalue weighted by Gasteiger charge is -2.15. The number of rotatable bonds is 7. The van der Waals surface area contributed by atoms with Gasteiger partial charge in [-0.05, 0) is 18.4 Å². The van der Waals surface area contributed by atoms with E-state index in [-0.39, 0.29) is 11.8 Å². The number of carbonyl (C=O) groups excluding carboxylic acids is 1. The molecule has 3 N–H and O–H groups in total. The first-order valence-corrected chi connectivity index (χ1v) is 6.19. The summed E-state index contributed by atoms with van der Waals surface area (Å²) in [5.74, 6) is -0.331. The molecule has 0 bridgehead atoms. The number of carbonyl (C=O) groups is 1. The molecule has 0 aliphatic heterocycles. The zero-order valence-electron chi connectivity index (χ0n) is 10.4. The molecule has 4 nitrogen and oxygen atoms in total. The summed E-state index contributed by atoms with van der Waals surface area (Å²) < 4.78 is 0. The van der Waals surface area contributed by atoms with Crippen LogP contribution in [0.5, 0.6) is 0 Å². The average Bonchev–Trinajstić information content (AvgIpc) is 2.40. The first kappa shape index (κ1) is 14.2. The van der Waals surface area contributed by atoms with E-state index < -0.39 is 0 Å². The molecule has 0 aromatic heterocycles. The van der Waals surface area contributed by atoms with Crippen LogP contribution in [0.25, 0.3) is 0 Å². The van der Waals surface area contributed by atoms with Crippen molar-refractivity contribution in [1.82, 2.24) is 5.32 Å². The van der Waals surface area contributed by atoms with Gasteiger partial charge in [0.1, 0.15) is 0 Å². The molecule has 0 heterocycles. The van der Waals surface area contributed by atoms with Crippen molar-refractivity contribution in [1.29, 1.82) is 5.26 Å². The van der Waals surface area contributed by atoms with Gasteiger partial charge in [0, 0.05) is 19.5 Å². The molecule has 0 aliphatic carbocycles. The van der Waals surface area contributed by atoms with Gasteiger partial charge in [-0.3, -0.25) is 4.79 Å². The Labute approximate surface area is 108 Å². The molecule has 1 atom stereocenters. The molecule has 0 aliphatic rings. The van der Waals surface area contributed by atoms with Gasteiger partial charge >= 0.3 is 0 Å². The number of benzene rings is 1. The molecular weight excluding hydrogens is 226 g/mol. The second-order valence-electron chi connectivity index (χ2n) is 4.11. The number of nitrogens with one attached hydrogen (secondary N) is 1. The van der Waals surface area contributed by atoms with Crippen molar-refractivity contribution in [2.45, 2.75) is 25.2 Å². The van der Waals surface area contributed by atoms with Crippen molar-refractivity contribution in [3.8, 4) is 6.07 Å². The summed E-state index contributed by atoms with van der Waals surface area (Å²) in [7, 11) is 0. The zero-order chi connectivity index (χ0) is 13.2. The minimum atomic E-state index is -0.290. The van der Waals surface area contributed by atoms with E-state index >= 15 is 0 Å². The van der Waals surface area contributed by atoms with Gasteiger partial charge in [-0.1, -0.05) is 30.3 Å². The minimum absolute atomic E-state index is 0.0411. The Morgan fingerprint density at radius 2 is 2.06 bits per heavy atom. The Morgan fingerprint density at radius 3 is 2.67 bits per heavy atom. The van der Waals surface area contributed by atoms with Crippen molar-refractivity contribution in [3.63, 3.8) is 0 Å². The maximum Gasteiger partial charge on any atom is 0.228 e.